The van der Waals surface area contributed by atoms with Crippen LogP contribution in [-0.2, 0) is 14.3 Å². The Morgan fingerprint density at radius 3 is 2.59 bits per heavy atom. The smallest absolute Gasteiger partial charge is 0.230 e. The number of anilines is 1. The van der Waals surface area contributed by atoms with Gasteiger partial charge < -0.3 is 19.7 Å². The van der Waals surface area contributed by atoms with E-state index in [1.807, 2.05) is 6.92 Å². The Morgan fingerprint density at radius 2 is 1.96 bits per heavy atom. The molecule has 1 aromatic heterocycles. The van der Waals surface area contributed by atoms with Crippen LogP contribution < -0.4 is 10.2 Å². The van der Waals surface area contributed by atoms with Crippen LogP contribution in [0.25, 0.3) is 0 Å². The lowest BCUT2D eigenvalue weighted by Gasteiger charge is -2.38. The molecule has 150 valence electrons. The van der Waals surface area contributed by atoms with E-state index in [-0.39, 0.29) is 17.7 Å². The van der Waals surface area contributed by atoms with Crippen LogP contribution in [0.5, 0.6) is 0 Å². The minimum atomic E-state index is -0.421. The number of rotatable bonds is 6. The highest BCUT2D eigenvalue weighted by molar-refractivity contribution is 7.99. The van der Waals surface area contributed by atoms with Crippen LogP contribution >= 0.6 is 23.4 Å². The summed E-state index contributed by atoms with van der Waals surface area (Å²) in [5.41, 5.74) is 0. The standard InChI is InChI=1S/C18H27ClN4O3S/c1-12(2)13(3)20-16(24)11-27-17-21-14(19)10-15(22-17)23-6-4-18(5-7-23)25-8-9-26-18/h10,12-13H,4-9,11H2,1-3H3,(H,20,24). The van der Waals surface area contributed by atoms with Crippen molar-refractivity contribution >= 4 is 35.1 Å². The second-order valence-corrected chi connectivity index (χ2v) is 8.64. The third kappa shape index (κ3) is 5.47. The van der Waals surface area contributed by atoms with E-state index in [0.717, 1.165) is 31.7 Å². The zero-order valence-electron chi connectivity index (χ0n) is 16.0. The van der Waals surface area contributed by atoms with Gasteiger partial charge in [0.25, 0.3) is 0 Å². The fourth-order valence-electron chi connectivity index (χ4n) is 3.07. The zero-order valence-corrected chi connectivity index (χ0v) is 17.6. The van der Waals surface area contributed by atoms with E-state index >= 15 is 0 Å². The first-order chi connectivity index (χ1) is 12.9. The molecule has 0 aromatic carbocycles. The molecule has 3 heterocycles. The second-order valence-electron chi connectivity index (χ2n) is 7.31. The number of thioether (sulfide) groups is 1. The van der Waals surface area contributed by atoms with Crippen molar-refractivity contribution in [2.75, 3.05) is 37.0 Å². The summed E-state index contributed by atoms with van der Waals surface area (Å²) >= 11 is 7.49. The highest BCUT2D eigenvalue weighted by atomic mass is 35.5. The first kappa shape index (κ1) is 20.6. The number of ether oxygens (including phenoxy) is 2. The van der Waals surface area contributed by atoms with Crippen molar-refractivity contribution in [3.05, 3.63) is 11.2 Å². The van der Waals surface area contributed by atoms with E-state index in [1.54, 1.807) is 6.07 Å². The number of hydrogen-bond acceptors (Lipinski definition) is 7. The number of amides is 1. The summed E-state index contributed by atoms with van der Waals surface area (Å²) in [7, 11) is 0. The number of piperidine rings is 1. The van der Waals surface area contributed by atoms with Crippen molar-refractivity contribution < 1.29 is 14.3 Å². The van der Waals surface area contributed by atoms with Gasteiger partial charge in [-0.3, -0.25) is 4.79 Å². The average molecular weight is 415 g/mol. The molecule has 0 radical (unpaired) electrons. The fourth-order valence-corrected chi connectivity index (χ4v) is 3.96. The molecule has 0 aliphatic carbocycles. The summed E-state index contributed by atoms with van der Waals surface area (Å²) in [5.74, 6) is 0.990. The summed E-state index contributed by atoms with van der Waals surface area (Å²) in [6.07, 6.45) is 1.60. The van der Waals surface area contributed by atoms with E-state index in [9.17, 15) is 4.79 Å². The van der Waals surface area contributed by atoms with Crippen LogP contribution in [0.1, 0.15) is 33.6 Å². The molecule has 1 atom stereocenters. The van der Waals surface area contributed by atoms with Crippen molar-refractivity contribution in [3.8, 4) is 0 Å². The van der Waals surface area contributed by atoms with Crippen molar-refractivity contribution in [1.82, 2.24) is 15.3 Å². The Morgan fingerprint density at radius 1 is 1.30 bits per heavy atom. The minimum absolute atomic E-state index is 0.0261. The highest BCUT2D eigenvalue weighted by Gasteiger charge is 2.40. The molecule has 27 heavy (non-hydrogen) atoms. The molecule has 2 aliphatic heterocycles. The number of nitrogens with one attached hydrogen (secondary N) is 1. The summed E-state index contributed by atoms with van der Waals surface area (Å²) in [5, 5.41) is 3.88. The van der Waals surface area contributed by atoms with Gasteiger partial charge in [0.15, 0.2) is 10.9 Å². The highest BCUT2D eigenvalue weighted by Crippen LogP contribution is 2.33. The molecule has 9 heteroatoms. The maximum absolute atomic E-state index is 12.1. The van der Waals surface area contributed by atoms with E-state index in [1.165, 1.54) is 11.8 Å². The lowest BCUT2D eigenvalue weighted by molar-refractivity contribution is -0.169. The molecule has 2 aliphatic rings. The molecule has 3 rings (SSSR count). The van der Waals surface area contributed by atoms with Crippen LogP contribution in [0.2, 0.25) is 5.15 Å². The first-order valence-electron chi connectivity index (χ1n) is 9.36. The monoisotopic (exact) mass is 414 g/mol. The molecule has 1 spiro atoms. The molecule has 1 N–H and O–H groups in total. The van der Waals surface area contributed by atoms with Gasteiger partial charge in [-0.2, -0.15) is 0 Å². The van der Waals surface area contributed by atoms with Gasteiger partial charge >= 0.3 is 0 Å². The van der Waals surface area contributed by atoms with Crippen molar-refractivity contribution in [1.29, 1.82) is 0 Å². The molecular weight excluding hydrogens is 388 g/mol. The minimum Gasteiger partial charge on any atom is -0.356 e. The maximum Gasteiger partial charge on any atom is 0.230 e. The van der Waals surface area contributed by atoms with E-state index in [0.29, 0.717) is 29.4 Å². The van der Waals surface area contributed by atoms with Crippen LogP contribution in [0.3, 0.4) is 0 Å². The molecule has 2 saturated heterocycles. The van der Waals surface area contributed by atoms with Gasteiger partial charge in [-0.25, -0.2) is 9.97 Å². The van der Waals surface area contributed by atoms with E-state index < -0.39 is 5.79 Å². The van der Waals surface area contributed by atoms with Crippen LogP contribution in [-0.4, -0.2) is 59.8 Å². The molecule has 1 aromatic rings. The Labute approximate surface area is 169 Å². The van der Waals surface area contributed by atoms with Crippen molar-refractivity contribution in [3.63, 3.8) is 0 Å². The predicted molar refractivity (Wildman–Crippen MR) is 106 cm³/mol. The Kier molecular flexibility index (Phi) is 6.83. The van der Waals surface area contributed by atoms with Crippen molar-refractivity contribution in [2.45, 2.75) is 50.6 Å². The number of carbonyl (C=O) groups excluding carboxylic acids is 1. The van der Waals surface area contributed by atoms with Crippen LogP contribution in [0.4, 0.5) is 5.82 Å². The number of halogens is 1. The zero-order chi connectivity index (χ0) is 19.4. The normalized spacial score (nSPS) is 20.3. The summed E-state index contributed by atoms with van der Waals surface area (Å²) in [6, 6.07) is 1.90. The quantitative estimate of drug-likeness (QED) is 0.435. The van der Waals surface area contributed by atoms with E-state index in [2.05, 4.69) is 34.0 Å². The van der Waals surface area contributed by atoms with Gasteiger partial charge in [0, 0.05) is 38.0 Å². The molecule has 1 unspecified atom stereocenters. The van der Waals surface area contributed by atoms with Gasteiger partial charge in [-0.05, 0) is 12.8 Å². The summed E-state index contributed by atoms with van der Waals surface area (Å²) in [6.45, 7) is 9.05. The second kappa shape index (κ2) is 8.94. The van der Waals surface area contributed by atoms with Crippen LogP contribution in [0, 0.1) is 5.92 Å². The van der Waals surface area contributed by atoms with Crippen molar-refractivity contribution in [2.24, 2.45) is 5.92 Å². The molecule has 0 saturated carbocycles. The fraction of sp³-hybridized carbons (Fsp3) is 0.722. The van der Waals surface area contributed by atoms with Gasteiger partial charge in [-0.1, -0.05) is 37.2 Å². The average Bonchev–Trinajstić information content (AvgIpc) is 3.08. The lowest BCUT2D eigenvalue weighted by Crippen LogP contribution is -2.45. The lowest BCUT2D eigenvalue weighted by atomic mass is 10.0. The Bertz CT molecular complexity index is 660. The first-order valence-corrected chi connectivity index (χ1v) is 10.7. The third-order valence-corrected chi connectivity index (χ3v) is 6.09. The number of carbonyl (C=O) groups is 1. The maximum atomic E-state index is 12.1. The SMILES string of the molecule is CC(C)C(C)NC(=O)CSc1nc(Cl)cc(N2CCC3(CC2)OCCO3)n1. The molecule has 1 amide bonds. The largest absolute Gasteiger partial charge is 0.356 e. The Hall–Kier alpha value is -1.09. The number of nitrogens with zero attached hydrogens (tertiary/aromatic N) is 3. The molecule has 2 fully saturated rings. The van der Waals surface area contributed by atoms with Gasteiger partial charge in [0.2, 0.25) is 5.91 Å². The van der Waals surface area contributed by atoms with Gasteiger partial charge in [-0.15, -0.1) is 0 Å². The molecule has 7 nitrogen and oxygen atoms in total. The number of aromatic nitrogens is 2. The predicted octanol–water partition coefficient (Wildman–Crippen LogP) is 2.73. The topological polar surface area (TPSA) is 76.6 Å². The van der Waals surface area contributed by atoms with E-state index in [4.69, 9.17) is 21.1 Å². The Balaban J connectivity index is 1.57. The molecular formula is C18H27ClN4O3S. The van der Waals surface area contributed by atoms with Gasteiger partial charge in [0.1, 0.15) is 11.0 Å². The van der Waals surface area contributed by atoms with Gasteiger partial charge in [0.05, 0.1) is 19.0 Å². The molecule has 0 bridgehead atoms. The third-order valence-electron chi connectivity index (χ3n) is 5.04. The summed E-state index contributed by atoms with van der Waals surface area (Å²) in [4.78, 5) is 23.1. The summed E-state index contributed by atoms with van der Waals surface area (Å²) < 4.78 is 11.5. The van der Waals surface area contributed by atoms with Crippen LogP contribution in [0.15, 0.2) is 11.2 Å². The number of hydrogen-bond donors (Lipinski definition) is 1.